The maximum absolute atomic E-state index is 12.7. The highest BCUT2D eigenvalue weighted by Crippen LogP contribution is 2.41. The van der Waals surface area contributed by atoms with Crippen LogP contribution in [0.5, 0.6) is 5.75 Å². The van der Waals surface area contributed by atoms with Crippen molar-refractivity contribution in [1.82, 2.24) is 4.90 Å². The van der Waals surface area contributed by atoms with Crippen molar-refractivity contribution in [2.24, 2.45) is 0 Å². The number of methoxy groups -OCH3 is 1. The molecular weight excluding hydrogens is 378 g/mol. The molecule has 1 N–H and O–H groups in total. The van der Waals surface area contributed by atoms with Crippen molar-refractivity contribution in [3.05, 3.63) is 33.7 Å². The third-order valence-corrected chi connectivity index (χ3v) is 5.82. The van der Waals surface area contributed by atoms with E-state index < -0.39 is 0 Å². The number of benzene rings is 1. The van der Waals surface area contributed by atoms with Crippen LogP contribution in [0.3, 0.4) is 0 Å². The molecule has 2 rings (SSSR count). The first-order valence-corrected chi connectivity index (χ1v) is 10.2. The second-order valence-electron chi connectivity index (χ2n) is 8.79. The standard InChI is InChI=1S/C21H29NO3S2/c1-20(2,3)14-10-13(11-15(17(14)23)21(4,5)6)12-16-18(24)22(8-9-25-7)19(26)27-16/h10-12,23H,8-9H2,1-7H3/b16-12+. The van der Waals surface area contributed by atoms with Crippen LogP contribution in [0.15, 0.2) is 17.0 Å². The van der Waals surface area contributed by atoms with Crippen molar-refractivity contribution in [1.29, 1.82) is 0 Å². The van der Waals surface area contributed by atoms with Gasteiger partial charge in [-0.15, -0.1) is 0 Å². The van der Waals surface area contributed by atoms with Gasteiger partial charge in [-0.3, -0.25) is 9.69 Å². The lowest BCUT2D eigenvalue weighted by Crippen LogP contribution is -2.31. The van der Waals surface area contributed by atoms with E-state index in [4.69, 9.17) is 17.0 Å². The van der Waals surface area contributed by atoms with Gasteiger partial charge in [-0.05, 0) is 34.6 Å². The molecule has 0 saturated carbocycles. The van der Waals surface area contributed by atoms with E-state index in [1.54, 1.807) is 12.0 Å². The summed E-state index contributed by atoms with van der Waals surface area (Å²) < 4.78 is 5.61. The maximum atomic E-state index is 12.7. The topological polar surface area (TPSA) is 49.8 Å². The van der Waals surface area contributed by atoms with Gasteiger partial charge in [0.05, 0.1) is 18.1 Å². The highest BCUT2D eigenvalue weighted by molar-refractivity contribution is 8.26. The zero-order valence-corrected chi connectivity index (χ0v) is 18.8. The monoisotopic (exact) mass is 407 g/mol. The van der Waals surface area contributed by atoms with E-state index in [1.807, 2.05) is 18.2 Å². The molecule has 1 heterocycles. The molecule has 1 aromatic rings. The minimum absolute atomic E-state index is 0.0928. The summed E-state index contributed by atoms with van der Waals surface area (Å²) in [5, 5.41) is 10.8. The Labute approximate surface area is 172 Å². The molecule has 27 heavy (non-hydrogen) atoms. The number of ether oxygens (including phenoxy) is 1. The first-order chi connectivity index (χ1) is 12.4. The summed E-state index contributed by atoms with van der Waals surface area (Å²) in [5.41, 5.74) is 2.21. The normalized spacial score (nSPS) is 17.3. The van der Waals surface area contributed by atoms with Crippen LogP contribution in [0.25, 0.3) is 6.08 Å². The fourth-order valence-corrected chi connectivity index (χ4v) is 4.22. The fourth-order valence-electron chi connectivity index (χ4n) is 2.91. The molecule has 1 aromatic carbocycles. The van der Waals surface area contributed by atoms with Crippen LogP contribution in [0, 0.1) is 0 Å². The summed E-state index contributed by atoms with van der Waals surface area (Å²) in [6.07, 6.45) is 1.87. The number of amides is 1. The van der Waals surface area contributed by atoms with E-state index >= 15 is 0 Å². The molecule has 1 fully saturated rings. The van der Waals surface area contributed by atoms with Crippen molar-refractivity contribution in [2.75, 3.05) is 20.3 Å². The van der Waals surface area contributed by atoms with Gasteiger partial charge in [-0.1, -0.05) is 65.5 Å². The number of phenolic OH excluding ortho intramolecular Hbond substituents is 1. The van der Waals surface area contributed by atoms with Gasteiger partial charge < -0.3 is 9.84 Å². The number of aromatic hydroxyl groups is 1. The molecule has 0 aromatic heterocycles. The second-order valence-corrected chi connectivity index (χ2v) is 10.5. The van der Waals surface area contributed by atoms with Gasteiger partial charge in [-0.2, -0.15) is 0 Å². The van der Waals surface area contributed by atoms with Gasteiger partial charge in [0, 0.05) is 18.2 Å². The predicted molar refractivity (Wildman–Crippen MR) is 117 cm³/mol. The molecule has 0 radical (unpaired) electrons. The SMILES string of the molecule is COCCN1C(=O)/C(=C\c2cc(C(C)(C)C)c(O)c(C(C)(C)C)c2)SC1=S. The van der Waals surface area contributed by atoms with Crippen LogP contribution in [-0.4, -0.2) is 40.5 Å². The Hall–Kier alpha value is -1.37. The van der Waals surface area contributed by atoms with E-state index in [1.165, 1.54) is 11.8 Å². The van der Waals surface area contributed by atoms with Gasteiger partial charge >= 0.3 is 0 Å². The molecule has 0 spiro atoms. The average Bonchev–Trinajstić information content (AvgIpc) is 2.78. The zero-order valence-electron chi connectivity index (χ0n) is 17.2. The van der Waals surface area contributed by atoms with Crippen molar-refractivity contribution in [3.63, 3.8) is 0 Å². The van der Waals surface area contributed by atoms with Gasteiger partial charge in [0.2, 0.25) is 0 Å². The van der Waals surface area contributed by atoms with Crippen LogP contribution in [0.4, 0.5) is 0 Å². The molecular formula is C21H29NO3S2. The predicted octanol–water partition coefficient (Wildman–Crippen LogP) is 4.83. The molecule has 4 nitrogen and oxygen atoms in total. The van der Waals surface area contributed by atoms with Crippen LogP contribution < -0.4 is 0 Å². The van der Waals surface area contributed by atoms with Gasteiger partial charge in [0.25, 0.3) is 5.91 Å². The Morgan fingerprint density at radius 2 is 1.67 bits per heavy atom. The molecule has 1 saturated heterocycles. The third-order valence-electron chi connectivity index (χ3n) is 4.44. The molecule has 1 aliphatic rings. The number of phenols is 1. The Morgan fingerprint density at radius 3 is 2.11 bits per heavy atom. The van der Waals surface area contributed by atoms with E-state index in [0.29, 0.717) is 28.1 Å². The molecule has 0 aliphatic carbocycles. The Bertz CT molecular complexity index is 751. The van der Waals surface area contributed by atoms with Crippen molar-refractivity contribution < 1.29 is 14.6 Å². The lowest BCUT2D eigenvalue weighted by Gasteiger charge is -2.28. The highest BCUT2D eigenvalue weighted by atomic mass is 32.2. The third kappa shape index (κ3) is 4.92. The van der Waals surface area contributed by atoms with Crippen molar-refractivity contribution >= 4 is 40.3 Å². The molecule has 1 amide bonds. The largest absolute Gasteiger partial charge is 0.507 e. The van der Waals surface area contributed by atoms with Gasteiger partial charge in [-0.25, -0.2) is 0 Å². The zero-order chi connectivity index (χ0) is 20.6. The van der Waals surface area contributed by atoms with Gasteiger partial charge in [0.15, 0.2) is 0 Å². The Morgan fingerprint density at radius 1 is 1.15 bits per heavy atom. The minimum Gasteiger partial charge on any atom is -0.507 e. The summed E-state index contributed by atoms with van der Waals surface area (Å²) in [5.74, 6) is 0.240. The average molecular weight is 408 g/mol. The number of carbonyl (C=O) groups excluding carboxylic acids is 1. The minimum atomic E-state index is -0.217. The summed E-state index contributed by atoms with van der Waals surface area (Å²) >= 11 is 6.66. The molecule has 0 unspecified atom stereocenters. The number of hydrogen-bond donors (Lipinski definition) is 1. The molecule has 6 heteroatoms. The Kier molecular flexibility index (Phi) is 6.44. The van der Waals surface area contributed by atoms with E-state index in [-0.39, 0.29) is 16.7 Å². The quantitative estimate of drug-likeness (QED) is 0.572. The summed E-state index contributed by atoms with van der Waals surface area (Å²) in [7, 11) is 1.60. The number of carbonyl (C=O) groups is 1. The highest BCUT2D eigenvalue weighted by Gasteiger charge is 2.32. The molecule has 148 valence electrons. The Balaban J connectivity index is 2.52. The van der Waals surface area contributed by atoms with Crippen molar-refractivity contribution in [3.8, 4) is 5.75 Å². The van der Waals surface area contributed by atoms with Crippen LogP contribution in [0.2, 0.25) is 0 Å². The number of thiocarbonyl (C=S) groups is 1. The molecule has 0 bridgehead atoms. The van der Waals surface area contributed by atoms with Crippen LogP contribution in [-0.2, 0) is 20.4 Å². The van der Waals surface area contributed by atoms with E-state index in [0.717, 1.165) is 16.7 Å². The number of nitrogens with zero attached hydrogens (tertiary/aromatic N) is 1. The number of thioether (sulfide) groups is 1. The first kappa shape index (κ1) is 21.9. The maximum Gasteiger partial charge on any atom is 0.266 e. The summed E-state index contributed by atoms with van der Waals surface area (Å²) in [4.78, 5) is 14.9. The number of rotatable bonds is 4. The van der Waals surface area contributed by atoms with Crippen molar-refractivity contribution in [2.45, 2.75) is 52.4 Å². The van der Waals surface area contributed by atoms with Crippen LogP contribution >= 0.6 is 24.0 Å². The van der Waals surface area contributed by atoms with E-state index in [2.05, 4.69) is 41.5 Å². The number of hydrogen-bond acceptors (Lipinski definition) is 5. The van der Waals surface area contributed by atoms with Crippen LogP contribution in [0.1, 0.15) is 58.2 Å². The second kappa shape index (κ2) is 7.94. The smallest absolute Gasteiger partial charge is 0.266 e. The van der Waals surface area contributed by atoms with E-state index in [9.17, 15) is 9.90 Å². The van der Waals surface area contributed by atoms with Gasteiger partial charge in [0.1, 0.15) is 10.1 Å². The summed E-state index contributed by atoms with van der Waals surface area (Å²) in [6, 6.07) is 3.93. The fraction of sp³-hybridized carbons (Fsp3) is 0.524. The first-order valence-electron chi connectivity index (χ1n) is 8.98. The lowest BCUT2D eigenvalue weighted by atomic mass is 9.78. The lowest BCUT2D eigenvalue weighted by molar-refractivity contribution is -0.122. The molecule has 0 atom stereocenters. The molecule has 1 aliphatic heterocycles. The summed E-state index contributed by atoms with van der Waals surface area (Å²) in [6.45, 7) is 13.3.